The summed E-state index contributed by atoms with van der Waals surface area (Å²) in [6.45, 7) is 0. The van der Waals surface area contributed by atoms with Crippen LogP contribution in [-0.4, -0.2) is 118 Å². The van der Waals surface area contributed by atoms with Gasteiger partial charge in [0.25, 0.3) is 0 Å². The molecule has 0 radical (unpaired) electrons. The third-order valence-electron chi connectivity index (χ3n) is 0. The van der Waals surface area contributed by atoms with Gasteiger partial charge >= 0.3 is 45.6 Å². The summed E-state index contributed by atoms with van der Waals surface area (Å²) in [5.41, 5.74) is 0. The average molecular weight is 356 g/mol. The Bertz CT molecular complexity index is 66.6. The number of hydrogen-bond acceptors (Lipinski definition) is 1. The molecule has 0 saturated carbocycles. The van der Waals surface area contributed by atoms with E-state index in [1.165, 1.54) is 0 Å². The average Bonchev–Trinajstić information content (AvgIpc) is 0.722. The summed E-state index contributed by atoms with van der Waals surface area (Å²) in [4.78, 5) is 21.6. The molecule has 132 valence electrons. The van der Waals surface area contributed by atoms with Gasteiger partial charge in [-0.15, -0.1) is 0 Å². The Morgan fingerprint density at radius 1 is 0.500 bits per heavy atom. The van der Waals surface area contributed by atoms with Crippen LogP contribution in [0.1, 0.15) is 2.85 Å². The molecule has 0 saturated heterocycles. The van der Waals surface area contributed by atoms with Gasteiger partial charge in [-0.05, 0) is 0 Å². The smallest absolute Gasteiger partial charge is 1.00 e. The molecule has 27 N–H and O–H groups in total. The molecule has 18 heteroatoms. The fourth-order valence-corrected chi connectivity index (χ4v) is 0. The molecule has 0 bridgehead atoms. The molecular weight excluding hydrogens is 327 g/mol. The van der Waals surface area contributed by atoms with Gasteiger partial charge in [0, 0.05) is 0 Å². The summed E-state index contributed by atoms with van der Waals surface area (Å²) in [6.07, 6.45) is 0. The minimum absolute atomic E-state index is 0. The summed E-state index contributed by atoms with van der Waals surface area (Å²) >= 11 is 0. The van der Waals surface area contributed by atoms with Crippen LogP contribution in [0.5, 0.6) is 0 Å². The first kappa shape index (κ1) is 253. The van der Waals surface area contributed by atoms with Crippen LogP contribution in [0.4, 0.5) is 0 Å². The SMILES string of the molecule is O.O.O.O.O.O.O.O.O.O.O.O.O=P(O)(O)O.[Ca+2].[H-].[H-]. The van der Waals surface area contributed by atoms with Crippen molar-refractivity contribution in [1.29, 1.82) is 0 Å². The van der Waals surface area contributed by atoms with Crippen molar-refractivity contribution >= 4 is 45.6 Å². The Morgan fingerprint density at radius 3 is 0.500 bits per heavy atom. The zero-order valence-corrected chi connectivity index (χ0v) is 12.0. The number of phosphoric acid groups is 1. The van der Waals surface area contributed by atoms with E-state index in [0.29, 0.717) is 0 Å². The topological polar surface area (TPSA) is 456 Å². The maximum atomic E-state index is 8.88. The molecule has 0 atom stereocenters. The quantitative estimate of drug-likeness (QED) is 0.280. The standard InChI is InChI=1S/Ca.H3O4P.12H2O.2H/c;1-5(2,3)4;;;;;;;;;;;;;;/h;(H3,1,2,3,4);12*1H2;;/q+2;;;;;;;;;;;;;;2*-1. The Hall–Kier alpha value is 0.890. The molecule has 0 aromatic carbocycles. The molecule has 0 aromatic heterocycles. The van der Waals surface area contributed by atoms with E-state index in [4.69, 9.17) is 19.2 Å². The zero-order valence-electron chi connectivity index (χ0n) is 10.9. The molecule has 18 heavy (non-hydrogen) atoms. The fraction of sp³-hybridized carbons (Fsp3) is 0. The van der Waals surface area contributed by atoms with Crippen molar-refractivity contribution in [3.63, 3.8) is 0 Å². The first-order chi connectivity index (χ1) is 2.00. The number of hydrogen-bond donors (Lipinski definition) is 3. The van der Waals surface area contributed by atoms with Crippen LogP contribution in [0.2, 0.25) is 0 Å². The molecule has 0 rings (SSSR count). The van der Waals surface area contributed by atoms with Crippen LogP contribution in [0, 0.1) is 0 Å². The van der Waals surface area contributed by atoms with Crippen molar-refractivity contribution in [2.45, 2.75) is 0 Å². The first-order valence-electron chi connectivity index (χ1n) is 0.783. The van der Waals surface area contributed by atoms with Gasteiger partial charge in [-0.1, -0.05) is 0 Å². The van der Waals surface area contributed by atoms with Crippen molar-refractivity contribution in [3.05, 3.63) is 0 Å². The Labute approximate surface area is 133 Å². The van der Waals surface area contributed by atoms with Gasteiger partial charge in [0.2, 0.25) is 0 Å². The van der Waals surface area contributed by atoms with Gasteiger partial charge in [-0.3, -0.25) is 0 Å². The fourth-order valence-electron chi connectivity index (χ4n) is 0. The third kappa shape index (κ3) is 5390. The van der Waals surface area contributed by atoms with Gasteiger partial charge in [-0.2, -0.15) is 0 Å². The van der Waals surface area contributed by atoms with Crippen molar-refractivity contribution in [1.82, 2.24) is 0 Å². The summed E-state index contributed by atoms with van der Waals surface area (Å²) < 4.78 is 8.88. The second-order valence-electron chi connectivity index (χ2n) is 0.513. The van der Waals surface area contributed by atoms with Gasteiger partial charge in [0.05, 0.1) is 0 Å². The Morgan fingerprint density at radius 2 is 0.500 bits per heavy atom. The van der Waals surface area contributed by atoms with E-state index in [-0.39, 0.29) is 106 Å². The van der Waals surface area contributed by atoms with Crippen LogP contribution >= 0.6 is 7.82 Å². The summed E-state index contributed by atoms with van der Waals surface area (Å²) in [5.74, 6) is 0. The minimum atomic E-state index is -4.64. The maximum absolute atomic E-state index is 8.88. The summed E-state index contributed by atoms with van der Waals surface area (Å²) in [7, 11) is -4.64. The molecule has 0 aliphatic rings. The first-order valence-corrected chi connectivity index (χ1v) is 2.35. The van der Waals surface area contributed by atoms with Gasteiger partial charge in [0.15, 0.2) is 0 Å². The van der Waals surface area contributed by atoms with Crippen LogP contribution in [0.25, 0.3) is 0 Å². The van der Waals surface area contributed by atoms with Crippen molar-refractivity contribution < 1.29 is 87.8 Å². The summed E-state index contributed by atoms with van der Waals surface area (Å²) in [5, 5.41) is 0. The van der Waals surface area contributed by atoms with Crippen LogP contribution < -0.4 is 0 Å². The molecule has 0 fully saturated rings. The molecule has 0 aromatic rings. The molecule has 16 nitrogen and oxygen atoms in total. The molecule has 0 unspecified atom stereocenters. The second kappa shape index (κ2) is 108. The predicted molar refractivity (Wildman–Crippen MR) is 65.6 cm³/mol. The van der Waals surface area contributed by atoms with Crippen molar-refractivity contribution in [2.75, 3.05) is 0 Å². The maximum Gasteiger partial charge on any atom is 2.00 e. The number of rotatable bonds is 0. The van der Waals surface area contributed by atoms with E-state index >= 15 is 0 Å². The van der Waals surface area contributed by atoms with E-state index in [2.05, 4.69) is 0 Å². The van der Waals surface area contributed by atoms with E-state index in [1.807, 2.05) is 0 Å². The van der Waals surface area contributed by atoms with Gasteiger partial charge in [-0.25, -0.2) is 4.57 Å². The van der Waals surface area contributed by atoms with Crippen LogP contribution in [0.15, 0.2) is 0 Å². The molecule has 0 heterocycles. The summed E-state index contributed by atoms with van der Waals surface area (Å²) in [6, 6.07) is 0. The molecule has 0 aliphatic heterocycles. The van der Waals surface area contributed by atoms with E-state index in [0.717, 1.165) is 0 Å². The largest absolute Gasteiger partial charge is 2.00 e. The molecule has 0 spiro atoms. The van der Waals surface area contributed by atoms with Crippen LogP contribution in [0.3, 0.4) is 0 Å². The van der Waals surface area contributed by atoms with Crippen molar-refractivity contribution in [2.24, 2.45) is 0 Å². The molecular formula is H29CaO16P. The minimum Gasteiger partial charge on any atom is -1.00 e. The third-order valence-corrected chi connectivity index (χ3v) is 0. The molecule has 0 amide bonds. The van der Waals surface area contributed by atoms with Crippen LogP contribution in [-0.2, 0) is 4.57 Å². The van der Waals surface area contributed by atoms with E-state index < -0.39 is 7.82 Å². The van der Waals surface area contributed by atoms with Gasteiger partial charge < -0.3 is 83.2 Å². The van der Waals surface area contributed by atoms with Gasteiger partial charge in [0.1, 0.15) is 0 Å². The second-order valence-corrected chi connectivity index (χ2v) is 1.54. The molecule has 0 aliphatic carbocycles. The Kier molecular flexibility index (Phi) is 1510. The monoisotopic (exact) mass is 356 g/mol. The van der Waals surface area contributed by atoms with Crippen molar-refractivity contribution in [3.8, 4) is 0 Å². The van der Waals surface area contributed by atoms with E-state index in [1.54, 1.807) is 0 Å². The normalized spacial score (nSPS) is 3.28. The predicted octanol–water partition coefficient (Wildman–Crippen LogP) is -11.0. The Balaban J connectivity index is -0.000000000762. The zero-order chi connectivity index (χ0) is 4.50. The van der Waals surface area contributed by atoms with E-state index in [9.17, 15) is 0 Å².